The molecule has 0 aromatic heterocycles. The second-order valence-electron chi connectivity index (χ2n) is 10.5. The van der Waals surface area contributed by atoms with E-state index in [1.54, 1.807) is 25.1 Å². The molecule has 8 heteroatoms. The summed E-state index contributed by atoms with van der Waals surface area (Å²) in [6.45, 7) is 0.875. The van der Waals surface area contributed by atoms with E-state index in [0.29, 0.717) is 13.1 Å². The van der Waals surface area contributed by atoms with Gasteiger partial charge in [0.1, 0.15) is 5.82 Å². The Morgan fingerprint density at radius 2 is 1.51 bits per heavy atom. The van der Waals surface area contributed by atoms with E-state index in [-0.39, 0.29) is 22.8 Å². The molecule has 2 bridgehead atoms. The SMILES string of the molecule is CN(C)C(=O)C(=O)NC12CCC(c3ccc(NC(=O)N4Cc5ccc(F)cc5C4)cc3)(CC1)CC2. The van der Waals surface area contributed by atoms with Crippen LogP contribution in [0, 0.1) is 5.82 Å². The minimum atomic E-state index is -0.518. The highest BCUT2D eigenvalue weighted by atomic mass is 19.1. The van der Waals surface area contributed by atoms with Gasteiger partial charge in [-0.25, -0.2) is 9.18 Å². The van der Waals surface area contributed by atoms with Gasteiger partial charge in [0, 0.05) is 38.4 Å². The Labute approximate surface area is 204 Å². The summed E-state index contributed by atoms with van der Waals surface area (Å²) >= 11 is 0. The molecule has 2 aromatic rings. The molecule has 35 heavy (non-hydrogen) atoms. The van der Waals surface area contributed by atoms with Crippen molar-refractivity contribution >= 4 is 23.5 Å². The minimum absolute atomic E-state index is 0.0707. The number of fused-ring (bicyclic) bond motifs is 4. The van der Waals surface area contributed by atoms with Crippen molar-refractivity contribution in [3.63, 3.8) is 0 Å². The molecule has 2 aromatic carbocycles. The van der Waals surface area contributed by atoms with Crippen molar-refractivity contribution in [2.45, 2.75) is 62.6 Å². The average Bonchev–Trinajstić information content (AvgIpc) is 3.28. The number of likely N-dealkylation sites (N-methyl/N-ethyl adjacent to an activating group) is 1. The molecule has 0 spiro atoms. The molecule has 2 N–H and O–H groups in total. The van der Waals surface area contributed by atoms with Gasteiger partial charge in [-0.1, -0.05) is 18.2 Å². The molecule has 3 aliphatic carbocycles. The molecular formula is C27H31FN4O3. The summed E-state index contributed by atoms with van der Waals surface area (Å²) in [5.41, 5.74) is 3.60. The van der Waals surface area contributed by atoms with E-state index in [9.17, 15) is 18.8 Å². The van der Waals surface area contributed by atoms with Crippen LogP contribution in [-0.2, 0) is 28.1 Å². The molecule has 1 aliphatic heterocycles. The van der Waals surface area contributed by atoms with Crippen molar-refractivity contribution in [3.05, 3.63) is 65.0 Å². The fourth-order valence-electron chi connectivity index (χ4n) is 5.92. The lowest BCUT2D eigenvalue weighted by Crippen LogP contribution is -2.59. The first-order chi connectivity index (χ1) is 16.7. The van der Waals surface area contributed by atoms with Crippen LogP contribution in [0.15, 0.2) is 42.5 Å². The van der Waals surface area contributed by atoms with Crippen LogP contribution in [-0.4, -0.2) is 47.3 Å². The third-order valence-electron chi connectivity index (χ3n) is 8.15. The molecular weight excluding hydrogens is 447 g/mol. The van der Waals surface area contributed by atoms with E-state index in [2.05, 4.69) is 22.8 Å². The highest BCUT2D eigenvalue weighted by Crippen LogP contribution is 2.53. The highest BCUT2D eigenvalue weighted by Gasteiger charge is 2.50. The quantitative estimate of drug-likeness (QED) is 0.656. The first kappa shape index (κ1) is 23.3. The standard InChI is InChI=1S/C27H31FN4O3/c1-31(2)24(34)23(33)30-27-12-9-26(10-13-27,11-14-27)20-4-7-22(8-5-20)29-25(35)32-16-18-3-6-21(28)15-19(18)17-32/h3-8,15H,9-14,16-17H2,1-2H3,(H,29,35)(H,30,33). The van der Waals surface area contributed by atoms with Crippen molar-refractivity contribution in [2.24, 2.45) is 0 Å². The third kappa shape index (κ3) is 4.37. The Bertz CT molecular complexity index is 1150. The molecule has 0 unspecified atom stereocenters. The predicted molar refractivity (Wildman–Crippen MR) is 130 cm³/mol. The number of nitrogens with one attached hydrogen (secondary N) is 2. The topological polar surface area (TPSA) is 81.8 Å². The number of benzene rings is 2. The van der Waals surface area contributed by atoms with E-state index in [1.165, 1.54) is 22.6 Å². The van der Waals surface area contributed by atoms with Gasteiger partial charge in [0.15, 0.2) is 0 Å². The number of urea groups is 1. The zero-order valence-corrected chi connectivity index (χ0v) is 20.2. The first-order valence-electron chi connectivity index (χ1n) is 12.2. The summed E-state index contributed by atoms with van der Waals surface area (Å²) in [6.07, 6.45) is 5.43. The van der Waals surface area contributed by atoms with Crippen LogP contribution in [0.3, 0.4) is 0 Å². The van der Waals surface area contributed by atoms with Crippen LogP contribution in [0.1, 0.15) is 55.2 Å². The number of nitrogens with zero attached hydrogens (tertiary/aromatic N) is 2. The van der Waals surface area contributed by atoms with Gasteiger partial charge >= 0.3 is 17.8 Å². The van der Waals surface area contributed by atoms with Crippen molar-refractivity contribution in [2.75, 3.05) is 19.4 Å². The van der Waals surface area contributed by atoms with Gasteiger partial charge < -0.3 is 20.4 Å². The number of carbonyl (C=O) groups is 3. The van der Waals surface area contributed by atoms with Crippen LogP contribution in [0.4, 0.5) is 14.9 Å². The summed E-state index contributed by atoms with van der Waals surface area (Å²) < 4.78 is 13.5. The molecule has 7 nitrogen and oxygen atoms in total. The number of rotatable bonds is 3. The van der Waals surface area contributed by atoms with Gasteiger partial charge in [-0.05, 0) is 84.9 Å². The first-order valence-corrected chi connectivity index (χ1v) is 12.2. The Morgan fingerprint density at radius 3 is 2.14 bits per heavy atom. The fourth-order valence-corrected chi connectivity index (χ4v) is 5.92. The Hall–Kier alpha value is -3.42. The van der Waals surface area contributed by atoms with Crippen molar-refractivity contribution in [1.29, 1.82) is 0 Å². The van der Waals surface area contributed by atoms with Gasteiger partial charge in [-0.15, -0.1) is 0 Å². The van der Waals surface area contributed by atoms with E-state index < -0.39 is 11.8 Å². The number of carbonyl (C=O) groups excluding carboxylic acids is 3. The monoisotopic (exact) mass is 478 g/mol. The number of anilines is 1. The molecule has 184 valence electrons. The fraction of sp³-hybridized carbons (Fsp3) is 0.444. The van der Waals surface area contributed by atoms with Gasteiger partial charge in [0.05, 0.1) is 0 Å². The molecule has 4 amide bonds. The Balaban J connectivity index is 1.19. The van der Waals surface area contributed by atoms with Crippen molar-refractivity contribution in [1.82, 2.24) is 15.1 Å². The lowest BCUT2D eigenvalue weighted by Gasteiger charge is -2.54. The summed E-state index contributed by atoms with van der Waals surface area (Å²) in [6, 6.07) is 12.5. The molecule has 0 radical (unpaired) electrons. The maximum Gasteiger partial charge on any atom is 0.322 e. The van der Waals surface area contributed by atoms with Crippen LogP contribution in [0.5, 0.6) is 0 Å². The van der Waals surface area contributed by atoms with E-state index in [4.69, 9.17) is 0 Å². The maximum atomic E-state index is 13.5. The van der Waals surface area contributed by atoms with Crippen molar-refractivity contribution < 1.29 is 18.8 Å². The highest BCUT2D eigenvalue weighted by molar-refractivity contribution is 6.35. The molecule has 3 saturated carbocycles. The molecule has 0 saturated heterocycles. The lowest BCUT2D eigenvalue weighted by atomic mass is 9.55. The van der Waals surface area contributed by atoms with Crippen LogP contribution in [0.25, 0.3) is 0 Å². The van der Waals surface area contributed by atoms with E-state index in [0.717, 1.165) is 55.3 Å². The summed E-state index contributed by atoms with van der Waals surface area (Å²) in [5, 5.41) is 5.99. The van der Waals surface area contributed by atoms with Gasteiger partial charge in [0.2, 0.25) is 0 Å². The minimum Gasteiger partial charge on any atom is -0.342 e. The second-order valence-corrected chi connectivity index (χ2v) is 10.5. The summed E-state index contributed by atoms with van der Waals surface area (Å²) in [4.78, 5) is 40.1. The summed E-state index contributed by atoms with van der Waals surface area (Å²) in [5.74, 6) is -1.31. The zero-order valence-electron chi connectivity index (χ0n) is 20.2. The van der Waals surface area contributed by atoms with Gasteiger partial charge in [-0.2, -0.15) is 0 Å². The smallest absolute Gasteiger partial charge is 0.322 e. The molecule has 1 heterocycles. The Kier molecular flexibility index (Phi) is 5.77. The third-order valence-corrected chi connectivity index (χ3v) is 8.15. The number of amides is 4. The van der Waals surface area contributed by atoms with E-state index >= 15 is 0 Å². The van der Waals surface area contributed by atoms with E-state index in [1.807, 2.05) is 12.1 Å². The number of hydrogen-bond donors (Lipinski definition) is 2. The van der Waals surface area contributed by atoms with Crippen LogP contribution >= 0.6 is 0 Å². The lowest BCUT2D eigenvalue weighted by molar-refractivity contribution is -0.146. The van der Waals surface area contributed by atoms with Crippen LogP contribution < -0.4 is 10.6 Å². The predicted octanol–water partition coefficient (Wildman–Crippen LogP) is 3.92. The number of hydrogen-bond acceptors (Lipinski definition) is 3. The second kappa shape index (κ2) is 8.66. The van der Waals surface area contributed by atoms with Gasteiger partial charge in [0.25, 0.3) is 0 Å². The number of halogens is 1. The molecule has 6 rings (SSSR count). The van der Waals surface area contributed by atoms with Gasteiger partial charge in [-0.3, -0.25) is 9.59 Å². The van der Waals surface area contributed by atoms with Crippen molar-refractivity contribution in [3.8, 4) is 0 Å². The molecule has 4 aliphatic rings. The molecule has 3 fully saturated rings. The maximum absolute atomic E-state index is 13.5. The average molecular weight is 479 g/mol. The zero-order chi connectivity index (χ0) is 24.8. The van der Waals surface area contributed by atoms with Crippen LogP contribution in [0.2, 0.25) is 0 Å². The Morgan fingerprint density at radius 1 is 0.886 bits per heavy atom. The summed E-state index contributed by atoms with van der Waals surface area (Å²) in [7, 11) is 3.17. The largest absolute Gasteiger partial charge is 0.342 e. The normalized spacial score (nSPS) is 24.6. The molecule has 0 atom stereocenters.